The third-order valence-corrected chi connectivity index (χ3v) is 6.96. The fourth-order valence-electron chi connectivity index (χ4n) is 4.28. The second-order valence-corrected chi connectivity index (χ2v) is 11.0. The Labute approximate surface area is 269 Å². The van der Waals surface area contributed by atoms with Crippen LogP contribution in [0.3, 0.4) is 0 Å². The van der Waals surface area contributed by atoms with E-state index in [0.717, 1.165) is 38.5 Å². The monoisotopic (exact) mass is 604 g/mol. The van der Waals surface area contributed by atoms with E-state index in [1.54, 1.807) is 0 Å². The van der Waals surface area contributed by atoms with Gasteiger partial charge in [-0.25, -0.2) is 0 Å². The third kappa shape index (κ3) is 27.6. The first-order valence-electron chi connectivity index (χ1n) is 17.0. The summed E-state index contributed by atoms with van der Waals surface area (Å²) in [6, 6.07) is 0. The first-order chi connectivity index (χ1) is 21.5. The van der Waals surface area contributed by atoms with Gasteiger partial charge in [-0.1, -0.05) is 137 Å². The van der Waals surface area contributed by atoms with Crippen LogP contribution in [0.4, 0.5) is 0 Å². The molecule has 0 radical (unpaired) electrons. The fraction of sp³-hybridized carbons (Fsp3) is 0.525. The molecule has 0 spiro atoms. The van der Waals surface area contributed by atoms with Gasteiger partial charge >= 0.3 is 5.97 Å². The lowest BCUT2D eigenvalue weighted by molar-refractivity contribution is -0.150. The van der Waals surface area contributed by atoms with Gasteiger partial charge in [-0.3, -0.25) is 14.4 Å². The molecule has 0 aliphatic heterocycles. The van der Waals surface area contributed by atoms with Gasteiger partial charge in [0.25, 0.3) is 0 Å². The molecular formula is C40H60O4. The van der Waals surface area contributed by atoms with E-state index in [9.17, 15) is 19.5 Å². The Balaban J connectivity index is 4.09. The number of carboxylic acids is 1. The highest BCUT2D eigenvalue weighted by atomic mass is 16.4. The van der Waals surface area contributed by atoms with E-state index < -0.39 is 23.5 Å². The topological polar surface area (TPSA) is 71.4 Å². The summed E-state index contributed by atoms with van der Waals surface area (Å²) in [4.78, 5) is 36.4. The standard InChI is InChI=1S/C40H60O4/c1-3-5-7-9-11-13-15-17-19-21-23-25-27-29-31-33-35-37(40(43)44)39(42)38(41)36-34-32-30-28-26-24-22-20-18-16-14-12-10-8-6-4-2/h11-14,17-20,23-26,29-32,37H,3-10,15-16,21-22,27-28,33-36H2,1-2H3,(H,43,44)/b13-11-,14-12-,19-17-,20-18-,25-23-,26-24-,31-29-,32-30-. The van der Waals surface area contributed by atoms with E-state index in [1.165, 1.54) is 51.4 Å². The van der Waals surface area contributed by atoms with E-state index in [1.807, 2.05) is 24.3 Å². The number of carbonyl (C=O) groups is 3. The Kier molecular flexibility index (Phi) is 30.2. The second kappa shape index (κ2) is 32.6. The quantitative estimate of drug-likeness (QED) is 0.0399. The number of carboxylic acid groups (broad SMARTS) is 1. The van der Waals surface area contributed by atoms with Crippen molar-refractivity contribution < 1.29 is 19.5 Å². The van der Waals surface area contributed by atoms with Crippen LogP contribution in [0.2, 0.25) is 0 Å². The number of Topliss-reactive ketones (excluding diaryl/α,β-unsaturated/α-hetero) is 2. The minimum Gasteiger partial charge on any atom is -0.481 e. The molecule has 0 heterocycles. The second-order valence-electron chi connectivity index (χ2n) is 11.0. The molecule has 0 saturated carbocycles. The molecule has 0 aromatic heterocycles. The average Bonchev–Trinajstić information content (AvgIpc) is 3.01. The van der Waals surface area contributed by atoms with Gasteiger partial charge in [0.1, 0.15) is 5.92 Å². The van der Waals surface area contributed by atoms with Crippen molar-refractivity contribution in [1.82, 2.24) is 0 Å². The number of hydrogen-bond acceptors (Lipinski definition) is 3. The van der Waals surface area contributed by atoms with Gasteiger partial charge in [0.15, 0.2) is 5.78 Å². The summed E-state index contributed by atoms with van der Waals surface area (Å²) >= 11 is 0. The van der Waals surface area contributed by atoms with Crippen molar-refractivity contribution in [3.63, 3.8) is 0 Å². The molecule has 44 heavy (non-hydrogen) atoms. The maximum atomic E-state index is 12.4. The zero-order chi connectivity index (χ0) is 32.4. The first-order valence-corrected chi connectivity index (χ1v) is 17.0. The van der Waals surface area contributed by atoms with Crippen LogP contribution < -0.4 is 0 Å². The number of allylic oxidation sites excluding steroid dienone is 16. The predicted molar refractivity (Wildman–Crippen MR) is 189 cm³/mol. The third-order valence-electron chi connectivity index (χ3n) is 6.96. The van der Waals surface area contributed by atoms with Crippen LogP contribution in [0, 0.1) is 5.92 Å². The van der Waals surface area contributed by atoms with Crippen LogP contribution >= 0.6 is 0 Å². The number of aliphatic carboxylic acids is 1. The summed E-state index contributed by atoms with van der Waals surface area (Å²) in [6.45, 7) is 4.44. The Hall–Kier alpha value is -3.27. The highest BCUT2D eigenvalue weighted by Crippen LogP contribution is 2.12. The maximum absolute atomic E-state index is 12.4. The van der Waals surface area contributed by atoms with Gasteiger partial charge in [-0.05, 0) is 83.5 Å². The molecule has 0 fully saturated rings. The summed E-state index contributed by atoms with van der Waals surface area (Å²) in [5.74, 6) is -3.89. The van der Waals surface area contributed by atoms with Gasteiger partial charge in [0.2, 0.25) is 5.78 Å². The van der Waals surface area contributed by atoms with Gasteiger partial charge in [-0.2, -0.15) is 0 Å². The smallest absolute Gasteiger partial charge is 0.314 e. The van der Waals surface area contributed by atoms with Crippen LogP contribution in [-0.2, 0) is 14.4 Å². The highest BCUT2D eigenvalue weighted by molar-refractivity contribution is 6.40. The van der Waals surface area contributed by atoms with Gasteiger partial charge in [0, 0.05) is 6.42 Å². The minimum atomic E-state index is -1.27. The lowest BCUT2D eigenvalue weighted by Gasteiger charge is -2.08. The molecule has 0 rings (SSSR count). The van der Waals surface area contributed by atoms with Crippen molar-refractivity contribution in [1.29, 1.82) is 0 Å². The van der Waals surface area contributed by atoms with Crippen LogP contribution in [0.1, 0.15) is 129 Å². The first kappa shape index (κ1) is 40.7. The number of unbranched alkanes of at least 4 members (excludes halogenated alkanes) is 6. The van der Waals surface area contributed by atoms with E-state index in [2.05, 4.69) is 86.8 Å². The Morgan fingerprint density at radius 1 is 0.477 bits per heavy atom. The summed E-state index contributed by atoms with van der Waals surface area (Å²) in [7, 11) is 0. The molecule has 0 amide bonds. The van der Waals surface area contributed by atoms with E-state index >= 15 is 0 Å². The molecule has 4 nitrogen and oxygen atoms in total. The number of carbonyl (C=O) groups excluding carboxylic acids is 2. The molecule has 1 atom stereocenters. The van der Waals surface area contributed by atoms with Crippen molar-refractivity contribution in [2.75, 3.05) is 0 Å². The number of hydrogen-bond donors (Lipinski definition) is 1. The van der Waals surface area contributed by atoms with Crippen LogP contribution in [0.5, 0.6) is 0 Å². The van der Waals surface area contributed by atoms with Crippen molar-refractivity contribution >= 4 is 17.5 Å². The van der Waals surface area contributed by atoms with E-state index in [4.69, 9.17) is 0 Å². The average molecular weight is 605 g/mol. The fourth-order valence-corrected chi connectivity index (χ4v) is 4.28. The molecule has 1 unspecified atom stereocenters. The molecule has 0 aromatic carbocycles. The maximum Gasteiger partial charge on any atom is 0.314 e. The lowest BCUT2D eigenvalue weighted by Crippen LogP contribution is -2.30. The van der Waals surface area contributed by atoms with Gasteiger partial charge in [0.05, 0.1) is 0 Å². The number of ketones is 2. The molecular weight excluding hydrogens is 544 g/mol. The van der Waals surface area contributed by atoms with Gasteiger partial charge < -0.3 is 5.11 Å². The molecule has 0 aliphatic rings. The molecule has 4 heteroatoms. The largest absolute Gasteiger partial charge is 0.481 e. The molecule has 244 valence electrons. The number of rotatable bonds is 29. The van der Waals surface area contributed by atoms with Crippen molar-refractivity contribution in [2.24, 2.45) is 5.92 Å². The predicted octanol–water partition coefficient (Wildman–Crippen LogP) is 11.3. The molecule has 0 aliphatic carbocycles. The van der Waals surface area contributed by atoms with Crippen LogP contribution in [0.25, 0.3) is 0 Å². The lowest BCUT2D eigenvalue weighted by atomic mass is 9.93. The van der Waals surface area contributed by atoms with E-state index in [-0.39, 0.29) is 12.8 Å². The zero-order valence-corrected chi connectivity index (χ0v) is 27.7. The Morgan fingerprint density at radius 2 is 0.818 bits per heavy atom. The van der Waals surface area contributed by atoms with Crippen molar-refractivity contribution in [3.05, 3.63) is 97.2 Å². The SMILES string of the molecule is CCCCC/C=C\C/C=C\C/C=C\C/C=C\CCC(=O)C(=O)C(CC/C=C\C/C=C\C/C=C\C/C=C\CCCCC)C(=O)O. The Morgan fingerprint density at radius 3 is 1.18 bits per heavy atom. The normalized spacial score (nSPS) is 13.5. The van der Waals surface area contributed by atoms with E-state index in [0.29, 0.717) is 12.8 Å². The van der Waals surface area contributed by atoms with Crippen LogP contribution in [-0.4, -0.2) is 22.6 Å². The highest BCUT2D eigenvalue weighted by Gasteiger charge is 2.29. The Bertz CT molecular complexity index is 971. The summed E-state index contributed by atoms with van der Waals surface area (Å²) in [5, 5.41) is 9.48. The molecule has 0 aromatic rings. The van der Waals surface area contributed by atoms with Gasteiger partial charge in [-0.15, -0.1) is 0 Å². The summed E-state index contributed by atoms with van der Waals surface area (Å²) in [5.41, 5.74) is 0. The summed E-state index contributed by atoms with van der Waals surface area (Å²) < 4.78 is 0. The molecule has 0 saturated heterocycles. The minimum absolute atomic E-state index is 0.0435. The van der Waals surface area contributed by atoms with Crippen molar-refractivity contribution in [2.45, 2.75) is 129 Å². The van der Waals surface area contributed by atoms with Crippen molar-refractivity contribution in [3.8, 4) is 0 Å². The molecule has 1 N–H and O–H groups in total. The summed E-state index contributed by atoms with van der Waals surface area (Å²) in [6.07, 6.45) is 49.9. The zero-order valence-electron chi connectivity index (χ0n) is 27.7. The van der Waals surface area contributed by atoms with Crippen LogP contribution in [0.15, 0.2) is 97.2 Å². The molecule has 0 bridgehead atoms.